The zero-order valence-electron chi connectivity index (χ0n) is 21.9. The van der Waals surface area contributed by atoms with E-state index < -0.39 is 41.3 Å². The molecule has 4 heterocycles. The van der Waals surface area contributed by atoms with Crippen LogP contribution in [-0.4, -0.2) is 75.0 Å². The van der Waals surface area contributed by atoms with Crippen LogP contribution in [0.2, 0.25) is 0 Å². The zero-order chi connectivity index (χ0) is 27.5. The number of aryl methyl sites for hydroxylation is 2. The van der Waals surface area contributed by atoms with Crippen LogP contribution in [0.15, 0.2) is 51.0 Å². The Labute approximate surface area is 218 Å². The second-order valence-corrected chi connectivity index (χ2v) is 9.43. The first kappa shape index (κ1) is 25.2. The molecular formula is C27H27N3O8. The van der Waals surface area contributed by atoms with Crippen molar-refractivity contribution in [2.45, 2.75) is 37.8 Å². The average Bonchev–Trinajstić information content (AvgIpc) is 3.54. The molecule has 38 heavy (non-hydrogen) atoms. The summed E-state index contributed by atoms with van der Waals surface area (Å²) in [5.41, 5.74) is 0.280. The number of ether oxygens (including phenoxy) is 3. The van der Waals surface area contributed by atoms with E-state index in [1.165, 1.54) is 26.2 Å². The number of hydrogen-bond donors (Lipinski definition) is 0. The summed E-state index contributed by atoms with van der Waals surface area (Å²) in [4.78, 5) is 61.3. The van der Waals surface area contributed by atoms with Crippen LogP contribution in [-0.2, 0) is 34.0 Å². The van der Waals surface area contributed by atoms with Crippen LogP contribution < -0.4 is 4.90 Å². The Balaban J connectivity index is 1.86. The summed E-state index contributed by atoms with van der Waals surface area (Å²) in [6, 6.07) is 7.08. The highest BCUT2D eigenvalue weighted by Gasteiger charge is 2.67. The Morgan fingerprint density at radius 3 is 2.32 bits per heavy atom. The topological polar surface area (TPSA) is 128 Å². The quantitative estimate of drug-likeness (QED) is 0.439. The molecular weight excluding hydrogens is 494 g/mol. The minimum atomic E-state index is -1.16. The molecule has 1 aromatic carbocycles. The van der Waals surface area contributed by atoms with Crippen LogP contribution >= 0.6 is 0 Å². The number of para-hydroxylation sites is 1. The number of rotatable bonds is 4. The summed E-state index contributed by atoms with van der Waals surface area (Å²) in [5.74, 6) is -1.81. The van der Waals surface area contributed by atoms with E-state index >= 15 is 0 Å². The Hall–Kier alpha value is -4.41. The Bertz CT molecular complexity index is 1450. The van der Waals surface area contributed by atoms with Crippen molar-refractivity contribution in [3.8, 4) is 0 Å². The van der Waals surface area contributed by atoms with Gasteiger partial charge in [-0.2, -0.15) is 0 Å². The van der Waals surface area contributed by atoms with Crippen LogP contribution in [0.5, 0.6) is 0 Å². The molecule has 198 valence electrons. The molecule has 0 N–H and O–H groups in total. The number of nitrogens with zero attached hydrogens (tertiary/aromatic N) is 3. The molecule has 3 aliphatic rings. The van der Waals surface area contributed by atoms with Gasteiger partial charge in [-0.05, 0) is 38.0 Å². The number of methoxy groups -OCH3 is 3. The highest BCUT2D eigenvalue weighted by Crippen LogP contribution is 2.57. The molecule has 5 rings (SSSR count). The molecule has 1 spiro atoms. The summed E-state index contributed by atoms with van der Waals surface area (Å²) in [7, 11) is 5.40. The Kier molecular flexibility index (Phi) is 5.89. The van der Waals surface area contributed by atoms with Crippen molar-refractivity contribution in [2.24, 2.45) is 4.99 Å². The van der Waals surface area contributed by atoms with Crippen molar-refractivity contribution >= 4 is 35.3 Å². The number of amides is 1. The van der Waals surface area contributed by atoms with Crippen LogP contribution in [0, 0.1) is 13.8 Å². The third-order valence-corrected chi connectivity index (χ3v) is 7.57. The van der Waals surface area contributed by atoms with Crippen molar-refractivity contribution in [3.05, 3.63) is 64.2 Å². The number of likely N-dealkylation sites (tertiary alicyclic amines) is 1. The average molecular weight is 522 g/mol. The first-order chi connectivity index (χ1) is 18.1. The lowest BCUT2D eigenvalue weighted by Gasteiger charge is -2.39. The van der Waals surface area contributed by atoms with Crippen molar-refractivity contribution in [2.75, 3.05) is 33.3 Å². The van der Waals surface area contributed by atoms with Gasteiger partial charge < -0.3 is 23.5 Å². The van der Waals surface area contributed by atoms with Gasteiger partial charge in [-0.25, -0.2) is 19.4 Å². The molecule has 0 unspecified atom stereocenters. The van der Waals surface area contributed by atoms with Crippen molar-refractivity contribution in [1.82, 2.24) is 4.90 Å². The SMILES string of the molecule is COC(=O)C1=C(C(=O)OC)[C@@H]2N(C)c3ccccc3[C@@]23C[C@@H](C(=O)OC)N(C(=O)c2cc(C)oc2C)C3=N1. The molecule has 0 radical (unpaired) electrons. The number of aliphatic imine (C=N–C) groups is 1. The highest BCUT2D eigenvalue weighted by molar-refractivity contribution is 6.20. The molecule has 1 amide bonds. The number of furan rings is 1. The van der Waals surface area contributed by atoms with Crippen molar-refractivity contribution in [3.63, 3.8) is 0 Å². The molecule has 0 aliphatic carbocycles. The van der Waals surface area contributed by atoms with Gasteiger partial charge in [-0.3, -0.25) is 9.69 Å². The van der Waals surface area contributed by atoms with E-state index in [9.17, 15) is 19.2 Å². The lowest BCUT2D eigenvalue weighted by molar-refractivity contribution is -0.144. The summed E-state index contributed by atoms with van der Waals surface area (Å²) >= 11 is 0. The summed E-state index contributed by atoms with van der Waals surface area (Å²) < 4.78 is 20.8. The molecule has 2 aromatic rings. The second-order valence-electron chi connectivity index (χ2n) is 9.43. The molecule has 1 saturated heterocycles. The number of likely N-dealkylation sites (N-methyl/N-ethyl adjacent to an activating group) is 1. The first-order valence-electron chi connectivity index (χ1n) is 11.9. The fourth-order valence-electron chi connectivity index (χ4n) is 6.09. The lowest BCUT2D eigenvalue weighted by Crippen LogP contribution is -2.55. The third-order valence-electron chi connectivity index (χ3n) is 7.57. The monoisotopic (exact) mass is 521 g/mol. The molecule has 1 fully saturated rings. The third kappa shape index (κ3) is 3.24. The maximum atomic E-state index is 14.1. The number of benzene rings is 1. The summed E-state index contributed by atoms with van der Waals surface area (Å²) in [5, 5.41) is 0. The molecule has 1 aromatic heterocycles. The number of carbonyl (C=O) groups is 4. The van der Waals surface area contributed by atoms with Gasteiger partial charge in [-0.15, -0.1) is 0 Å². The zero-order valence-corrected chi connectivity index (χ0v) is 21.9. The van der Waals surface area contributed by atoms with Gasteiger partial charge in [0.25, 0.3) is 5.91 Å². The molecule has 3 aliphatic heterocycles. The fraction of sp³-hybridized carbons (Fsp3) is 0.370. The Morgan fingerprint density at radius 1 is 1.03 bits per heavy atom. The molecule has 11 nitrogen and oxygen atoms in total. The predicted molar refractivity (Wildman–Crippen MR) is 134 cm³/mol. The van der Waals surface area contributed by atoms with Crippen LogP contribution in [0.25, 0.3) is 0 Å². The van der Waals surface area contributed by atoms with Crippen LogP contribution in [0.4, 0.5) is 5.69 Å². The minimum Gasteiger partial charge on any atom is -0.467 e. The van der Waals surface area contributed by atoms with Crippen LogP contribution in [0.1, 0.15) is 33.9 Å². The van der Waals surface area contributed by atoms with E-state index in [0.29, 0.717) is 11.5 Å². The number of esters is 3. The standard InChI is InChI=1S/C27H27N3O8/c1-13-11-15(14(2)38-13)22(31)30-18(23(32)35-4)12-27-16-9-7-8-10-17(16)29(3)21(27)19(24(33)36-5)20(25(34)37-6)28-26(27)30/h7-11,18,21H,12H2,1-6H3/t18-,21-,27-/m0/s1. The molecule has 11 heteroatoms. The largest absolute Gasteiger partial charge is 0.467 e. The van der Waals surface area contributed by atoms with Crippen molar-refractivity contribution < 1.29 is 37.8 Å². The van der Waals surface area contributed by atoms with E-state index in [-0.39, 0.29) is 29.1 Å². The van der Waals surface area contributed by atoms with Gasteiger partial charge in [0.05, 0.1) is 43.9 Å². The lowest BCUT2D eigenvalue weighted by atomic mass is 9.69. The number of amidine groups is 1. The minimum absolute atomic E-state index is 0.0185. The highest BCUT2D eigenvalue weighted by atomic mass is 16.5. The van der Waals surface area contributed by atoms with Gasteiger partial charge in [0.15, 0.2) is 5.70 Å². The van der Waals surface area contributed by atoms with Gasteiger partial charge in [0.1, 0.15) is 23.4 Å². The number of hydrogen-bond acceptors (Lipinski definition) is 10. The van der Waals surface area contributed by atoms with Gasteiger partial charge >= 0.3 is 17.9 Å². The Morgan fingerprint density at radius 2 is 1.71 bits per heavy atom. The van der Waals surface area contributed by atoms with E-state index in [0.717, 1.165) is 11.3 Å². The fourth-order valence-corrected chi connectivity index (χ4v) is 6.09. The number of carbonyl (C=O) groups excluding carboxylic acids is 4. The van der Waals surface area contributed by atoms with Crippen LogP contribution in [0.3, 0.4) is 0 Å². The number of fused-ring (bicyclic) bond motifs is 1. The maximum absolute atomic E-state index is 14.1. The van der Waals surface area contributed by atoms with E-state index in [1.807, 2.05) is 29.2 Å². The summed E-state index contributed by atoms with van der Waals surface area (Å²) in [6.45, 7) is 3.36. The number of anilines is 1. The predicted octanol–water partition coefficient (Wildman–Crippen LogP) is 2.05. The van der Waals surface area contributed by atoms with E-state index in [4.69, 9.17) is 18.6 Å². The van der Waals surface area contributed by atoms with Gasteiger partial charge in [-0.1, -0.05) is 18.2 Å². The maximum Gasteiger partial charge on any atom is 0.357 e. The van der Waals surface area contributed by atoms with Gasteiger partial charge in [0.2, 0.25) is 0 Å². The normalized spacial score (nSPS) is 23.4. The molecule has 3 atom stereocenters. The van der Waals surface area contributed by atoms with Crippen molar-refractivity contribution in [1.29, 1.82) is 0 Å². The summed E-state index contributed by atoms with van der Waals surface area (Å²) in [6.07, 6.45) is 0.0566. The molecule has 0 saturated carbocycles. The smallest absolute Gasteiger partial charge is 0.357 e. The van der Waals surface area contributed by atoms with Gasteiger partial charge in [0, 0.05) is 12.7 Å². The molecule has 0 bridgehead atoms. The van der Waals surface area contributed by atoms with E-state index in [1.54, 1.807) is 27.0 Å². The second kappa shape index (κ2) is 8.86. The first-order valence-corrected chi connectivity index (χ1v) is 11.9. The van der Waals surface area contributed by atoms with E-state index in [2.05, 4.69) is 4.99 Å².